The SMILES string of the molecule is CC(C)CCn1cnc2sc3c(c2c1=O)CC[C@@H](NCc1cccc(Cl)c1)C3. The van der Waals surface area contributed by atoms with Gasteiger partial charge in [0.2, 0.25) is 0 Å². The second-order valence-electron chi connectivity index (χ2n) is 8.06. The molecule has 148 valence electrons. The van der Waals surface area contributed by atoms with E-state index in [9.17, 15) is 4.79 Å². The van der Waals surface area contributed by atoms with Gasteiger partial charge in [0.1, 0.15) is 4.83 Å². The molecule has 0 aliphatic heterocycles. The Balaban J connectivity index is 1.51. The number of nitrogens with zero attached hydrogens (tertiary/aromatic N) is 2. The van der Waals surface area contributed by atoms with Crippen LogP contribution in [0, 0.1) is 5.92 Å². The fourth-order valence-corrected chi connectivity index (χ4v) is 5.31. The zero-order chi connectivity index (χ0) is 19.7. The van der Waals surface area contributed by atoms with Crippen LogP contribution in [0.3, 0.4) is 0 Å². The molecule has 0 unspecified atom stereocenters. The number of nitrogens with one attached hydrogen (secondary N) is 1. The Hall–Kier alpha value is -1.69. The number of benzene rings is 1. The molecular formula is C22H26ClN3OS. The van der Waals surface area contributed by atoms with E-state index >= 15 is 0 Å². The Morgan fingerprint density at radius 2 is 2.25 bits per heavy atom. The van der Waals surface area contributed by atoms with E-state index in [1.807, 2.05) is 18.2 Å². The first-order chi connectivity index (χ1) is 13.5. The first-order valence-corrected chi connectivity index (χ1v) is 11.2. The van der Waals surface area contributed by atoms with Crippen LogP contribution in [0.4, 0.5) is 0 Å². The average molecular weight is 416 g/mol. The molecule has 2 aromatic heterocycles. The van der Waals surface area contributed by atoms with Gasteiger partial charge in [-0.05, 0) is 54.9 Å². The topological polar surface area (TPSA) is 46.9 Å². The summed E-state index contributed by atoms with van der Waals surface area (Å²) in [7, 11) is 0. The minimum Gasteiger partial charge on any atom is -0.310 e. The van der Waals surface area contributed by atoms with E-state index in [1.54, 1.807) is 22.2 Å². The third kappa shape index (κ3) is 4.17. The maximum Gasteiger partial charge on any atom is 0.262 e. The Kier molecular flexibility index (Phi) is 5.85. The molecule has 0 bridgehead atoms. The van der Waals surface area contributed by atoms with Gasteiger partial charge in [-0.15, -0.1) is 11.3 Å². The Labute approximate surface area is 174 Å². The van der Waals surface area contributed by atoms with Crippen molar-refractivity contribution in [3.05, 3.63) is 62.0 Å². The van der Waals surface area contributed by atoms with Crippen LogP contribution in [0.5, 0.6) is 0 Å². The summed E-state index contributed by atoms with van der Waals surface area (Å²) >= 11 is 7.77. The van der Waals surface area contributed by atoms with Crippen molar-refractivity contribution >= 4 is 33.2 Å². The van der Waals surface area contributed by atoms with Crippen molar-refractivity contribution in [1.82, 2.24) is 14.9 Å². The quantitative estimate of drug-likeness (QED) is 0.628. The fourth-order valence-electron chi connectivity index (χ4n) is 3.84. The van der Waals surface area contributed by atoms with Gasteiger partial charge in [0.05, 0.1) is 11.7 Å². The molecule has 0 amide bonds. The second kappa shape index (κ2) is 8.36. The van der Waals surface area contributed by atoms with Gasteiger partial charge >= 0.3 is 0 Å². The third-order valence-corrected chi connectivity index (χ3v) is 6.86. The highest BCUT2D eigenvalue weighted by Gasteiger charge is 2.25. The summed E-state index contributed by atoms with van der Waals surface area (Å²) in [5, 5.41) is 5.29. The molecule has 0 fully saturated rings. The molecule has 4 rings (SSSR count). The first kappa shape index (κ1) is 19.6. The van der Waals surface area contributed by atoms with E-state index in [-0.39, 0.29) is 5.56 Å². The molecular weight excluding hydrogens is 390 g/mol. The maximum absolute atomic E-state index is 13.0. The van der Waals surface area contributed by atoms with Crippen molar-refractivity contribution in [1.29, 1.82) is 0 Å². The molecule has 0 saturated heterocycles. The zero-order valence-electron chi connectivity index (χ0n) is 16.4. The number of halogens is 1. The molecule has 6 heteroatoms. The van der Waals surface area contributed by atoms with Crippen molar-refractivity contribution in [2.75, 3.05) is 0 Å². The monoisotopic (exact) mass is 415 g/mol. The number of fused-ring (bicyclic) bond motifs is 3. The number of thiophene rings is 1. The molecule has 4 nitrogen and oxygen atoms in total. The summed E-state index contributed by atoms with van der Waals surface area (Å²) in [4.78, 5) is 19.8. The van der Waals surface area contributed by atoms with Crippen LogP contribution in [-0.4, -0.2) is 15.6 Å². The van der Waals surface area contributed by atoms with Crippen LogP contribution >= 0.6 is 22.9 Å². The lowest BCUT2D eigenvalue weighted by atomic mass is 9.93. The van der Waals surface area contributed by atoms with Crippen molar-refractivity contribution in [3.63, 3.8) is 0 Å². The molecule has 1 atom stereocenters. The van der Waals surface area contributed by atoms with Crippen molar-refractivity contribution in [2.24, 2.45) is 5.92 Å². The summed E-state index contributed by atoms with van der Waals surface area (Å²) < 4.78 is 1.79. The highest BCUT2D eigenvalue weighted by Crippen LogP contribution is 2.33. The van der Waals surface area contributed by atoms with Crippen LogP contribution in [-0.2, 0) is 25.9 Å². The van der Waals surface area contributed by atoms with Crippen LogP contribution in [0.1, 0.15) is 42.7 Å². The van der Waals surface area contributed by atoms with Gasteiger partial charge in [-0.1, -0.05) is 37.6 Å². The number of aromatic nitrogens is 2. The zero-order valence-corrected chi connectivity index (χ0v) is 17.9. The summed E-state index contributed by atoms with van der Waals surface area (Å²) in [6.07, 6.45) is 5.66. The van der Waals surface area contributed by atoms with Gasteiger partial charge < -0.3 is 5.32 Å². The van der Waals surface area contributed by atoms with Crippen molar-refractivity contribution in [2.45, 2.75) is 58.7 Å². The molecule has 1 N–H and O–H groups in total. The largest absolute Gasteiger partial charge is 0.310 e. The molecule has 1 aliphatic carbocycles. The molecule has 0 radical (unpaired) electrons. The molecule has 3 aromatic rings. The number of hydrogen-bond donors (Lipinski definition) is 1. The van der Waals surface area contributed by atoms with E-state index in [1.165, 1.54) is 16.0 Å². The van der Waals surface area contributed by atoms with Gasteiger partial charge in [-0.25, -0.2) is 4.98 Å². The third-order valence-electron chi connectivity index (χ3n) is 5.47. The van der Waals surface area contributed by atoms with Crippen LogP contribution < -0.4 is 10.9 Å². The normalized spacial score (nSPS) is 16.6. The van der Waals surface area contributed by atoms with Gasteiger partial charge in [0, 0.05) is 29.0 Å². The molecule has 28 heavy (non-hydrogen) atoms. The highest BCUT2D eigenvalue weighted by atomic mass is 35.5. The van der Waals surface area contributed by atoms with E-state index in [0.29, 0.717) is 12.0 Å². The highest BCUT2D eigenvalue weighted by molar-refractivity contribution is 7.18. The van der Waals surface area contributed by atoms with Crippen LogP contribution in [0.2, 0.25) is 5.02 Å². The lowest BCUT2D eigenvalue weighted by molar-refractivity contribution is 0.462. The lowest BCUT2D eigenvalue weighted by Gasteiger charge is -2.23. The standard InChI is InChI=1S/C22H26ClN3OS/c1-14(2)8-9-26-13-25-21-20(22(26)27)18-7-6-17(11-19(18)28-21)24-12-15-4-3-5-16(23)10-15/h3-5,10,13-14,17,24H,6-9,11-12H2,1-2H3/t17-/m1/s1. The molecule has 1 aromatic carbocycles. The summed E-state index contributed by atoms with van der Waals surface area (Å²) in [5.41, 5.74) is 2.56. The summed E-state index contributed by atoms with van der Waals surface area (Å²) in [6, 6.07) is 8.40. The minimum absolute atomic E-state index is 0.133. The van der Waals surface area contributed by atoms with Gasteiger partial charge in [0.15, 0.2) is 0 Å². The van der Waals surface area contributed by atoms with E-state index in [0.717, 1.165) is 54.0 Å². The first-order valence-electron chi connectivity index (χ1n) is 9.98. The molecule has 2 heterocycles. The van der Waals surface area contributed by atoms with E-state index in [4.69, 9.17) is 11.6 Å². The predicted octanol–water partition coefficient (Wildman–Crippen LogP) is 4.80. The second-order valence-corrected chi connectivity index (χ2v) is 9.58. The van der Waals surface area contributed by atoms with Crippen molar-refractivity contribution < 1.29 is 0 Å². The Bertz CT molecular complexity index is 1040. The number of hydrogen-bond acceptors (Lipinski definition) is 4. The Morgan fingerprint density at radius 3 is 3.04 bits per heavy atom. The maximum atomic E-state index is 13.0. The van der Waals surface area contributed by atoms with Crippen molar-refractivity contribution in [3.8, 4) is 0 Å². The number of aryl methyl sites for hydroxylation is 2. The summed E-state index contributed by atoms with van der Waals surface area (Å²) in [5.74, 6) is 0.574. The van der Waals surface area contributed by atoms with Gasteiger partial charge in [-0.2, -0.15) is 0 Å². The molecule has 0 spiro atoms. The van der Waals surface area contributed by atoms with Crippen LogP contribution in [0.25, 0.3) is 10.2 Å². The summed E-state index contributed by atoms with van der Waals surface area (Å²) in [6.45, 7) is 5.92. The smallest absolute Gasteiger partial charge is 0.262 e. The average Bonchev–Trinajstić information content (AvgIpc) is 3.04. The van der Waals surface area contributed by atoms with E-state index < -0.39 is 0 Å². The van der Waals surface area contributed by atoms with E-state index in [2.05, 4.69) is 30.2 Å². The lowest BCUT2D eigenvalue weighted by Crippen LogP contribution is -2.33. The van der Waals surface area contributed by atoms with Gasteiger partial charge in [0.25, 0.3) is 5.56 Å². The minimum atomic E-state index is 0.133. The molecule has 1 aliphatic rings. The number of rotatable bonds is 6. The molecule has 0 saturated carbocycles. The predicted molar refractivity (Wildman–Crippen MR) is 117 cm³/mol. The fraction of sp³-hybridized carbons (Fsp3) is 0.455. The van der Waals surface area contributed by atoms with Gasteiger partial charge in [-0.3, -0.25) is 9.36 Å². The van der Waals surface area contributed by atoms with Crippen LogP contribution in [0.15, 0.2) is 35.4 Å². The Morgan fingerprint density at radius 1 is 1.39 bits per heavy atom.